The molecular weight excluding hydrogens is 472 g/mol. The van der Waals surface area contributed by atoms with Crippen molar-refractivity contribution in [2.75, 3.05) is 13.2 Å². The molecule has 0 N–H and O–H groups in total. The van der Waals surface area contributed by atoms with Crippen molar-refractivity contribution < 1.29 is 4.74 Å². The average Bonchev–Trinajstić information content (AvgIpc) is 3.37. The lowest BCUT2D eigenvalue weighted by Gasteiger charge is -2.42. The fourth-order valence-electron chi connectivity index (χ4n) is 4.60. The average molecular weight is 551 g/mol. The number of hydrogen-bond donors (Lipinski definition) is 0. The summed E-state index contributed by atoms with van der Waals surface area (Å²) in [7, 11) is 0. The van der Waals surface area contributed by atoms with Gasteiger partial charge < -0.3 is 4.74 Å². The molecule has 0 atom stereocenters. The Morgan fingerprint density at radius 2 is 0.692 bits per heavy atom. The van der Waals surface area contributed by atoms with Crippen molar-refractivity contribution in [3.63, 3.8) is 0 Å². The molecule has 0 aromatic rings. The lowest BCUT2D eigenvalue weighted by molar-refractivity contribution is -0.126. The molecule has 1 saturated heterocycles. The summed E-state index contributed by atoms with van der Waals surface area (Å²) in [5.41, 5.74) is 3.17. The summed E-state index contributed by atoms with van der Waals surface area (Å²) in [5, 5.41) is 0. The van der Waals surface area contributed by atoms with Crippen LogP contribution in [0, 0.1) is 56.7 Å². The van der Waals surface area contributed by atoms with Crippen molar-refractivity contribution in [3.05, 3.63) is 0 Å². The van der Waals surface area contributed by atoms with Gasteiger partial charge in [-0.15, -0.1) is 0 Å². The van der Waals surface area contributed by atoms with Gasteiger partial charge in [0.25, 0.3) is 0 Å². The van der Waals surface area contributed by atoms with Gasteiger partial charge in [-0.3, -0.25) is 0 Å². The second kappa shape index (κ2) is 16.0. The third-order valence-corrected chi connectivity index (χ3v) is 12.5. The molecule has 4 fully saturated rings. The molecule has 1 nitrogen and oxygen atoms in total. The highest BCUT2D eigenvalue weighted by Crippen LogP contribution is 2.51. The lowest BCUT2D eigenvalue weighted by Crippen LogP contribution is -2.43. The van der Waals surface area contributed by atoms with Gasteiger partial charge >= 0.3 is 0 Å². The van der Waals surface area contributed by atoms with E-state index in [-0.39, 0.29) is 0 Å². The van der Waals surface area contributed by atoms with Crippen molar-refractivity contribution in [3.8, 4) is 0 Å². The normalized spacial score (nSPS) is 23.2. The minimum Gasteiger partial charge on any atom is -0.380 e. The van der Waals surface area contributed by atoms with E-state index in [0.717, 1.165) is 53.6 Å². The molecule has 0 aromatic carbocycles. The monoisotopic (exact) mass is 551 g/mol. The maximum atomic E-state index is 5.10. The highest BCUT2D eigenvalue weighted by molar-refractivity contribution is 4.90. The maximum Gasteiger partial charge on any atom is 0.0544 e. The van der Waals surface area contributed by atoms with Crippen molar-refractivity contribution in [1.29, 1.82) is 0 Å². The lowest BCUT2D eigenvalue weighted by atomic mass is 9.64. The summed E-state index contributed by atoms with van der Waals surface area (Å²) in [6.07, 6.45) is 13.2. The fraction of sp³-hybridized carbons (Fsp3) is 1.00. The number of hydrogen-bond acceptors (Lipinski definition) is 1. The third kappa shape index (κ3) is 13.7. The van der Waals surface area contributed by atoms with E-state index in [0.29, 0.717) is 16.2 Å². The summed E-state index contributed by atoms with van der Waals surface area (Å²) in [5.74, 6) is 4.27. The van der Waals surface area contributed by atoms with E-state index in [2.05, 4.69) is 118 Å². The van der Waals surface area contributed by atoms with Gasteiger partial charge in [0, 0.05) is 5.41 Å². The van der Waals surface area contributed by atoms with E-state index in [1.807, 2.05) is 0 Å². The Kier molecular flexibility index (Phi) is 16.0. The summed E-state index contributed by atoms with van der Waals surface area (Å²) in [6.45, 7) is 41.2. The summed E-state index contributed by atoms with van der Waals surface area (Å²) in [6, 6.07) is 0. The van der Waals surface area contributed by atoms with Crippen molar-refractivity contribution in [1.82, 2.24) is 0 Å². The van der Waals surface area contributed by atoms with Gasteiger partial charge in [0.2, 0.25) is 0 Å². The molecule has 0 radical (unpaired) electrons. The van der Waals surface area contributed by atoms with E-state index in [4.69, 9.17) is 4.74 Å². The molecule has 4 aliphatic rings. The minimum atomic E-state index is 0.500. The first-order valence-electron chi connectivity index (χ1n) is 17.1. The predicted molar refractivity (Wildman–Crippen MR) is 178 cm³/mol. The maximum absolute atomic E-state index is 5.10. The Balaban J connectivity index is 0.000000465. The van der Waals surface area contributed by atoms with Crippen LogP contribution >= 0.6 is 0 Å². The second-order valence-corrected chi connectivity index (χ2v) is 17.8. The smallest absolute Gasteiger partial charge is 0.0544 e. The van der Waals surface area contributed by atoms with E-state index >= 15 is 0 Å². The SMILES string of the molecule is CC(C)C(C)(C)C.CC(C)C1(C)CC1.CC(C)C1(C)CCC1.CC(C)C1(C)CCCC1.CC(C)C1(C)COC1. The van der Waals surface area contributed by atoms with Gasteiger partial charge in [-0.2, -0.15) is 0 Å². The van der Waals surface area contributed by atoms with Crippen LogP contribution in [0.4, 0.5) is 0 Å². The zero-order valence-corrected chi connectivity index (χ0v) is 30.6. The molecule has 4 rings (SSSR count). The van der Waals surface area contributed by atoms with E-state index < -0.39 is 0 Å². The summed E-state index contributed by atoms with van der Waals surface area (Å²) in [4.78, 5) is 0. The molecule has 0 spiro atoms. The van der Waals surface area contributed by atoms with Crippen LogP contribution in [0.15, 0.2) is 0 Å². The van der Waals surface area contributed by atoms with Crippen LogP contribution in [0.5, 0.6) is 0 Å². The van der Waals surface area contributed by atoms with E-state index in [1.165, 1.54) is 57.8 Å². The van der Waals surface area contributed by atoms with Gasteiger partial charge in [0.15, 0.2) is 0 Å². The molecule has 236 valence electrons. The molecule has 0 bridgehead atoms. The molecule has 0 unspecified atom stereocenters. The van der Waals surface area contributed by atoms with Crippen LogP contribution in [-0.2, 0) is 4.74 Å². The Bertz CT molecular complexity index is 593. The standard InChI is InChI=1S/C9H18.C8H16.C7H14O.C7H14.C7H16/c1-8(2)9(3)6-4-5-7-9;1-7(2)8(3)5-4-6-8;1-6(2)7(3)4-8-5-7;1-6(2)7(3)4-5-7;1-6(2)7(3,4)5/h8H,4-7H2,1-3H3;7H,4-6H2,1-3H3;6H,4-5H2,1-3H3;6H,4-5H2,1-3H3;6H,1-5H3. The zero-order chi connectivity index (χ0) is 30.9. The molecule has 1 aliphatic heterocycles. The molecular formula is C38H78O. The molecule has 0 aromatic heterocycles. The molecule has 39 heavy (non-hydrogen) atoms. The fourth-order valence-corrected chi connectivity index (χ4v) is 4.60. The largest absolute Gasteiger partial charge is 0.380 e. The zero-order valence-electron chi connectivity index (χ0n) is 30.6. The van der Waals surface area contributed by atoms with Gasteiger partial charge in [-0.05, 0) is 89.8 Å². The van der Waals surface area contributed by atoms with Gasteiger partial charge in [0.05, 0.1) is 13.2 Å². The van der Waals surface area contributed by atoms with Crippen LogP contribution in [-0.4, -0.2) is 13.2 Å². The van der Waals surface area contributed by atoms with E-state index in [9.17, 15) is 0 Å². The molecule has 3 saturated carbocycles. The van der Waals surface area contributed by atoms with E-state index in [1.54, 1.807) is 0 Å². The molecule has 3 aliphatic carbocycles. The molecule has 1 heterocycles. The first-order valence-corrected chi connectivity index (χ1v) is 17.1. The van der Waals surface area contributed by atoms with Crippen molar-refractivity contribution >= 4 is 0 Å². The predicted octanol–water partition coefficient (Wildman–Crippen LogP) is 12.9. The van der Waals surface area contributed by atoms with Crippen LogP contribution in [0.25, 0.3) is 0 Å². The number of ether oxygens (including phenoxy) is 1. The molecule has 0 amide bonds. The summed E-state index contributed by atoms with van der Waals surface area (Å²) >= 11 is 0. The summed E-state index contributed by atoms with van der Waals surface area (Å²) < 4.78 is 5.10. The highest BCUT2D eigenvalue weighted by atomic mass is 16.5. The highest BCUT2D eigenvalue weighted by Gasteiger charge is 2.40. The quantitative estimate of drug-likeness (QED) is 0.338. The minimum absolute atomic E-state index is 0.500. The molecule has 1 heteroatoms. The Hall–Kier alpha value is -0.0400. The topological polar surface area (TPSA) is 9.23 Å². The van der Waals surface area contributed by atoms with Crippen molar-refractivity contribution in [2.45, 2.75) is 175 Å². The Labute approximate surface area is 249 Å². The van der Waals surface area contributed by atoms with Crippen LogP contribution in [0.1, 0.15) is 175 Å². The number of rotatable bonds is 4. The van der Waals surface area contributed by atoms with Gasteiger partial charge in [0.1, 0.15) is 0 Å². The first-order chi connectivity index (χ1) is 17.5. The van der Waals surface area contributed by atoms with Crippen molar-refractivity contribution in [2.24, 2.45) is 56.7 Å². The second-order valence-electron chi connectivity index (χ2n) is 17.8. The van der Waals surface area contributed by atoms with Gasteiger partial charge in [-0.1, -0.05) is 137 Å². The third-order valence-electron chi connectivity index (χ3n) is 12.5. The van der Waals surface area contributed by atoms with Crippen LogP contribution in [0.3, 0.4) is 0 Å². The first kappa shape index (κ1) is 39.0. The van der Waals surface area contributed by atoms with Crippen LogP contribution < -0.4 is 0 Å². The van der Waals surface area contributed by atoms with Gasteiger partial charge in [-0.25, -0.2) is 0 Å². The Morgan fingerprint density at radius 3 is 0.744 bits per heavy atom. The Morgan fingerprint density at radius 1 is 0.436 bits per heavy atom. The van der Waals surface area contributed by atoms with Crippen LogP contribution in [0.2, 0.25) is 0 Å².